The number of nitrogens with zero attached hydrogens (tertiary/aromatic N) is 3. The van der Waals surface area contributed by atoms with Crippen molar-refractivity contribution in [2.24, 2.45) is 5.92 Å². The van der Waals surface area contributed by atoms with Crippen LogP contribution in [0.5, 0.6) is 0 Å². The zero-order chi connectivity index (χ0) is 24.1. The topological polar surface area (TPSA) is 73.0 Å². The second kappa shape index (κ2) is 11.2. The molecule has 2 saturated heterocycles. The number of piperidine rings is 1. The number of rotatable bonds is 8. The van der Waals surface area contributed by atoms with Crippen molar-refractivity contribution in [3.05, 3.63) is 29.8 Å². The Balaban J connectivity index is 1.44. The summed E-state index contributed by atoms with van der Waals surface area (Å²) in [4.78, 5) is 16.6. The van der Waals surface area contributed by atoms with Gasteiger partial charge in [-0.25, -0.2) is 8.42 Å². The number of piperazine rings is 1. The Morgan fingerprint density at radius 1 is 1.03 bits per heavy atom. The number of nitrogens with one attached hydrogen (secondary N) is 1. The number of hydrogen-bond acceptors (Lipinski definition) is 5. The molecule has 0 bridgehead atoms. The molecule has 7 nitrogen and oxygen atoms in total. The summed E-state index contributed by atoms with van der Waals surface area (Å²) in [6.07, 6.45) is -3.33. The lowest BCUT2D eigenvalue weighted by molar-refractivity contribution is -0.139. The predicted octanol–water partition coefficient (Wildman–Crippen LogP) is 2.25. The minimum atomic E-state index is -4.76. The van der Waals surface area contributed by atoms with Crippen molar-refractivity contribution in [3.8, 4) is 0 Å². The number of carbonyl (C=O) groups is 1. The van der Waals surface area contributed by atoms with Crippen LogP contribution in [0.2, 0.25) is 0 Å². The standard InChI is InChI=1S/C22H33F3N4O3S/c1-2-27-14-16-28(17-15-27)11-5-10-26-21(30)18-8-12-29(13-9-18)33(31,32)20-7-4-3-6-19(20)22(23,24)25/h3-4,6-7,18H,2,5,8-17H2,1H3,(H,26,30). The molecule has 1 aromatic carbocycles. The summed E-state index contributed by atoms with van der Waals surface area (Å²) in [7, 11) is -4.29. The average Bonchev–Trinajstić information content (AvgIpc) is 2.81. The van der Waals surface area contributed by atoms with Crippen LogP contribution in [0.15, 0.2) is 29.2 Å². The van der Waals surface area contributed by atoms with E-state index >= 15 is 0 Å². The molecule has 2 fully saturated rings. The molecule has 2 aliphatic rings. The molecule has 1 aromatic rings. The van der Waals surface area contributed by atoms with Gasteiger partial charge < -0.3 is 15.1 Å². The summed E-state index contributed by atoms with van der Waals surface area (Å²) in [5.41, 5.74) is -1.17. The largest absolute Gasteiger partial charge is 0.417 e. The number of hydrogen-bond donors (Lipinski definition) is 1. The van der Waals surface area contributed by atoms with Gasteiger partial charge in [0.1, 0.15) is 0 Å². The van der Waals surface area contributed by atoms with Gasteiger partial charge in [0, 0.05) is 51.7 Å². The highest BCUT2D eigenvalue weighted by Crippen LogP contribution is 2.36. The first kappa shape index (κ1) is 25.9. The predicted molar refractivity (Wildman–Crippen MR) is 119 cm³/mol. The van der Waals surface area contributed by atoms with Crippen molar-refractivity contribution in [2.45, 2.75) is 37.3 Å². The van der Waals surface area contributed by atoms with E-state index in [2.05, 4.69) is 22.0 Å². The van der Waals surface area contributed by atoms with Gasteiger partial charge in [0.25, 0.3) is 0 Å². The summed E-state index contributed by atoms with van der Waals surface area (Å²) in [5.74, 6) is -0.444. The maximum atomic E-state index is 13.3. The van der Waals surface area contributed by atoms with Crippen molar-refractivity contribution in [3.63, 3.8) is 0 Å². The van der Waals surface area contributed by atoms with Gasteiger partial charge in [0.15, 0.2) is 0 Å². The minimum Gasteiger partial charge on any atom is -0.356 e. The highest BCUT2D eigenvalue weighted by molar-refractivity contribution is 7.89. The molecule has 2 aliphatic heterocycles. The molecule has 11 heteroatoms. The average molecular weight is 491 g/mol. The maximum Gasteiger partial charge on any atom is 0.417 e. The summed E-state index contributed by atoms with van der Waals surface area (Å²) < 4.78 is 66.6. The van der Waals surface area contributed by atoms with E-state index in [-0.39, 0.29) is 37.8 Å². The molecule has 0 saturated carbocycles. The fraction of sp³-hybridized carbons (Fsp3) is 0.682. The first-order valence-electron chi connectivity index (χ1n) is 11.5. The van der Waals surface area contributed by atoms with E-state index in [1.54, 1.807) is 0 Å². The van der Waals surface area contributed by atoms with Crippen molar-refractivity contribution in [2.75, 3.05) is 58.9 Å². The molecule has 0 unspecified atom stereocenters. The Morgan fingerprint density at radius 2 is 1.64 bits per heavy atom. The van der Waals surface area contributed by atoms with E-state index in [0.29, 0.717) is 6.54 Å². The van der Waals surface area contributed by atoms with Crippen LogP contribution >= 0.6 is 0 Å². The molecule has 186 valence electrons. The molecule has 0 atom stereocenters. The lowest BCUT2D eigenvalue weighted by Crippen LogP contribution is -2.47. The molecular formula is C22H33F3N4O3S. The van der Waals surface area contributed by atoms with Gasteiger partial charge in [0.2, 0.25) is 15.9 Å². The SMILES string of the molecule is CCN1CCN(CCCNC(=O)C2CCN(S(=O)(=O)c3ccccc3C(F)(F)F)CC2)CC1. The number of amides is 1. The Bertz CT molecular complexity index is 894. The van der Waals surface area contributed by atoms with Crippen LogP contribution in [-0.2, 0) is 21.0 Å². The zero-order valence-electron chi connectivity index (χ0n) is 19.0. The van der Waals surface area contributed by atoms with Gasteiger partial charge >= 0.3 is 6.18 Å². The van der Waals surface area contributed by atoms with Gasteiger partial charge in [-0.05, 0) is 44.5 Å². The normalized spacial score (nSPS) is 20.1. The third kappa shape index (κ3) is 6.68. The quantitative estimate of drug-likeness (QED) is 0.566. The van der Waals surface area contributed by atoms with Gasteiger partial charge in [-0.15, -0.1) is 0 Å². The highest BCUT2D eigenvalue weighted by Gasteiger charge is 2.40. The molecule has 1 N–H and O–H groups in total. The molecule has 0 aromatic heterocycles. The van der Waals surface area contributed by atoms with Gasteiger partial charge in [-0.3, -0.25) is 4.79 Å². The van der Waals surface area contributed by atoms with Crippen LogP contribution in [0.1, 0.15) is 31.7 Å². The summed E-state index contributed by atoms with van der Waals surface area (Å²) >= 11 is 0. The minimum absolute atomic E-state index is 0.0221. The molecule has 2 heterocycles. The van der Waals surface area contributed by atoms with Crippen molar-refractivity contribution >= 4 is 15.9 Å². The Morgan fingerprint density at radius 3 is 2.24 bits per heavy atom. The van der Waals surface area contributed by atoms with E-state index in [0.717, 1.165) is 62.1 Å². The second-order valence-electron chi connectivity index (χ2n) is 8.59. The van der Waals surface area contributed by atoms with Crippen molar-refractivity contribution in [1.82, 2.24) is 19.4 Å². The fourth-order valence-electron chi connectivity index (χ4n) is 4.41. The molecule has 33 heavy (non-hydrogen) atoms. The molecular weight excluding hydrogens is 457 g/mol. The molecule has 0 radical (unpaired) electrons. The van der Waals surface area contributed by atoms with Crippen molar-refractivity contribution < 1.29 is 26.4 Å². The zero-order valence-corrected chi connectivity index (χ0v) is 19.8. The van der Waals surface area contributed by atoms with E-state index in [1.165, 1.54) is 12.1 Å². The number of sulfonamides is 1. The Labute approximate surface area is 194 Å². The third-order valence-electron chi connectivity index (χ3n) is 6.50. The summed E-state index contributed by atoms with van der Waals surface area (Å²) in [5, 5.41) is 2.93. The Hall–Kier alpha value is -1.69. The number of benzene rings is 1. The first-order valence-corrected chi connectivity index (χ1v) is 13.0. The Kier molecular flexibility index (Phi) is 8.76. The van der Waals surface area contributed by atoms with Gasteiger partial charge in [-0.1, -0.05) is 19.1 Å². The third-order valence-corrected chi connectivity index (χ3v) is 8.45. The summed E-state index contributed by atoms with van der Waals surface area (Å²) in [6.45, 7) is 8.96. The van der Waals surface area contributed by atoms with Crippen LogP contribution in [0.25, 0.3) is 0 Å². The van der Waals surface area contributed by atoms with Crippen LogP contribution < -0.4 is 5.32 Å². The number of likely N-dealkylation sites (N-methyl/N-ethyl adjacent to an activating group) is 1. The molecule has 1 amide bonds. The number of carbonyl (C=O) groups excluding carboxylic acids is 1. The van der Waals surface area contributed by atoms with E-state index in [9.17, 15) is 26.4 Å². The first-order chi connectivity index (χ1) is 15.6. The van der Waals surface area contributed by atoms with Gasteiger partial charge in [0.05, 0.1) is 10.5 Å². The van der Waals surface area contributed by atoms with Crippen LogP contribution in [0.4, 0.5) is 13.2 Å². The number of alkyl halides is 3. The van der Waals surface area contributed by atoms with Crippen LogP contribution in [0.3, 0.4) is 0 Å². The molecule has 0 aliphatic carbocycles. The van der Waals surface area contributed by atoms with Crippen LogP contribution in [0, 0.1) is 5.92 Å². The maximum absolute atomic E-state index is 13.3. The fourth-order valence-corrected chi connectivity index (χ4v) is 6.09. The van der Waals surface area contributed by atoms with E-state index in [1.807, 2.05) is 0 Å². The molecule has 3 rings (SSSR count). The summed E-state index contributed by atoms with van der Waals surface area (Å²) in [6, 6.07) is 4.21. The molecule has 0 spiro atoms. The van der Waals surface area contributed by atoms with Crippen LogP contribution in [-0.4, -0.2) is 87.3 Å². The lowest BCUT2D eigenvalue weighted by Gasteiger charge is -2.34. The second-order valence-corrected chi connectivity index (χ2v) is 10.5. The van der Waals surface area contributed by atoms with E-state index < -0.39 is 26.7 Å². The highest BCUT2D eigenvalue weighted by atomic mass is 32.2. The number of halogens is 3. The van der Waals surface area contributed by atoms with Gasteiger partial charge in [-0.2, -0.15) is 17.5 Å². The lowest BCUT2D eigenvalue weighted by atomic mass is 9.97. The smallest absolute Gasteiger partial charge is 0.356 e. The van der Waals surface area contributed by atoms with Crippen molar-refractivity contribution in [1.29, 1.82) is 0 Å². The monoisotopic (exact) mass is 490 g/mol. The van der Waals surface area contributed by atoms with E-state index in [4.69, 9.17) is 0 Å².